The van der Waals surface area contributed by atoms with Crippen LogP contribution in [0.25, 0.3) is 0 Å². The number of unbranched alkanes of at least 4 members (excludes halogenated alkanes) is 18. The van der Waals surface area contributed by atoms with Crippen LogP contribution in [0.4, 0.5) is 0 Å². The lowest BCUT2D eigenvalue weighted by Crippen LogP contribution is -2.66. The molecule has 382 valence electrons. The van der Waals surface area contributed by atoms with Crippen molar-refractivity contribution in [3.8, 4) is 0 Å². The van der Waals surface area contributed by atoms with Crippen LogP contribution in [-0.4, -0.2) is 120 Å². The van der Waals surface area contributed by atoms with Crippen LogP contribution in [0.15, 0.2) is 0 Å². The fourth-order valence-electron chi connectivity index (χ4n) is 7.75. The Morgan fingerprint density at radius 2 is 1.20 bits per heavy atom. The first kappa shape index (κ1) is 60.1. The highest BCUT2D eigenvalue weighted by Gasteiger charge is 2.47. The van der Waals surface area contributed by atoms with E-state index in [9.17, 15) is 43.8 Å². The summed E-state index contributed by atoms with van der Waals surface area (Å²) in [5, 5.41) is 29.6. The van der Waals surface area contributed by atoms with Crippen molar-refractivity contribution < 1.29 is 67.5 Å². The predicted molar refractivity (Wildman–Crippen MR) is 247 cm³/mol. The van der Waals surface area contributed by atoms with Gasteiger partial charge in [0.1, 0.15) is 55.3 Å². The molecule has 9 atom stereocenters. The topological polar surface area (TPSA) is 268 Å². The fourth-order valence-corrected chi connectivity index (χ4v) is 7.75. The minimum atomic E-state index is -1.77. The Morgan fingerprint density at radius 1 is 0.667 bits per heavy atom. The maximum Gasteiger partial charge on any atom is 0.309 e. The summed E-state index contributed by atoms with van der Waals surface area (Å²) in [7, 11) is 1.17. The number of nitrogens with two attached hydrogens (primary N) is 1. The molecule has 0 bridgehead atoms. The number of amides is 4. The molecule has 0 aromatic rings. The molecule has 2 unspecified atom stereocenters. The van der Waals surface area contributed by atoms with E-state index in [1.54, 1.807) is 0 Å². The van der Waals surface area contributed by atoms with Gasteiger partial charge in [-0.25, -0.2) is 0 Å². The monoisotopic (exact) mass is 943 g/mol. The van der Waals surface area contributed by atoms with Gasteiger partial charge in [-0.2, -0.15) is 0 Å². The Balaban J connectivity index is 2.89. The van der Waals surface area contributed by atoms with Gasteiger partial charge in [0.25, 0.3) is 0 Å². The molecule has 1 saturated heterocycles. The average molecular weight is 943 g/mol. The molecular formula is C48H86N4O14. The van der Waals surface area contributed by atoms with Crippen molar-refractivity contribution in [2.24, 2.45) is 5.73 Å². The number of esters is 3. The highest BCUT2D eigenvalue weighted by atomic mass is 16.6. The molecule has 0 saturated carbocycles. The van der Waals surface area contributed by atoms with Gasteiger partial charge < -0.3 is 55.6 Å². The summed E-state index contributed by atoms with van der Waals surface area (Å²) in [6.45, 7) is 7.67. The third-order valence-corrected chi connectivity index (χ3v) is 11.8. The summed E-state index contributed by atoms with van der Waals surface area (Å²) >= 11 is 0. The lowest BCUT2D eigenvalue weighted by molar-refractivity contribution is -0.267. The number of aliphatic hydroxyl groups excluding tert-OH is 2. The SMILES string of the molecule is CCCCCCCCCCCCC[C@H](CC(=O)OC[C@H]1OC(O)[C@H](NC(C)=O)[C@H](OC(C)C(=O)N[C@@H](C)C(=O)N[C@H](CCC(=O)OC)C(N)=O)[C@@H]1O)OC(=O)CCCCCCCCCCC. The number of hydrogen-bond donors (Lipinski definition) is 6. The molecule has 4 amide bonds. The lowest BCUT2D eigenvalue weighted by atomic mass is 9.96. The molecule has 0 aromatic heterocycles. The third kappa shape index (κ3) is 27.1. The van der Waals surface area contributed by atoms with Crippen LogP contribution in [0.2, 0.25) is 0 Å². The molecule has 1 aliphatic heterocycles. The van der Waals surface area contributed by atoms with Crippen molar-refractivity contribution in [3.05, 3.63) is 0 Å². The van der Waals surface area contributed by atoms with E-state index in [1.807, 2.05) is 0 Å². The Labute approximate surface area is 393 Å². The maximum absolute atomic E-state index is 13.3. The number of nitrogens with one attached hydrogen (secondary N) is 3. The number of hydrogen-bond acceptors (Lipinski definition) is 14. The second-order valence-electron chi connectivity index (χ2n) is 17.7. The van der Waals surface area contributed by atoms with Gasteiger partial charge >= 0.3 is 17.9 Å². The van der Waals surface area contributed by atoms with Crippen molar-refractivity contribution >= 4 is 41.5 Å². The van der Waals surface area contributed by atoms with Gasteiger partial charge in [-0.1, -0.05) is 129 Å². The van der Waals surface area contributed by atoms with Crippen molar-refractivity contribution in [1.29, 1.82) is 0 Å². The molecule has 1 heterocycles. The Morgan fingerprint density at radius 3 is 1.71 bits per heavy atom. The second kappa shape index (κ2) is 36.2. The zero-order chi connectivity index (χ0) is 49.3. The van der Waals surface area contributed by atoms with Crippen molar-refractivity contribution in [3.63, 3.8) is 0 Å². The van der Waals surface area contributed by atoms with E-state index >= 15 is 0 Å². The van der Waals surface area contributed by atoms with E-state index in [2.05, 4.69) is 34.5 Å². The Kier molecular flexibility index (Phi) is 33.0. The highest BCUT2D eigenvalue weighted by Crippen LogP contribution is 2.25. The Bertz CT molecular complexity index is 1420. The lowest BCUT2D eigenvalue weighted by Gasteiger charge is -2.43. The van der Waals surface area contributed by atoms with E-state index in [1.165, 1.54) is 105 Å². The quantitative estimate of drug-likeness (QED) is 0.0263. The van der Waals surface area contributed by atoms with E-state index < -0.39 is 97.1 Å². The van der Waals surface area contributed by atoms with Gasteiger partial charge in [0.2, 0.25) is 23.6 Å². The fraction of sp³-hybridized carbons (Fsp3) is 0.854. The van der Waals surface area contributed by atoms with E-state index in [4.69, 9.17) is 24.7 Å². The molecule has 1 rings (SSSR count). The van der Waals surface area contributed by atoms with Gasteiger partial charge in [-0.05, 0) is 39.5 Å². The third-order valence-electron chi connectivity index (χ3n) is 11.8. The summed E-state index contributed by atoms with van der Waals surface area (Å²) < 4.78 is 27.3. The second-order valence-corrected chi connectivity index (χ2v) is 17.7. The molecule has 1 fully saturated rings. The summed E-state index contributed by atoms with van der Waals surface area (Å²) in [4.78, 5) is 87.7. The van der Waals surface area contributed by atoms with Gasteiger partial charge in [-0.3, -0.25) is 33.6 Å². The maximum atomic E-state index is 13.3. The average Bonchev–Trinajstić information content (AvgIpc) is 3.27. The molecule has 1 aliphatic rings. The molecular weight excluding hydrogens is 857 g/mol. The molecule has 0 aromatic carbocycles. The summed E-state index contributed by atoms with van der Waals surface area (Å²) in [5.74, 6) is -4.83. The first-order valence-electron chi connectivity index (χ1n) is 24.8. The summed E-state index contributed by atoms with van der Waals surface area (Å²) in [6, 6.07) is -3.82. The molecule has 0 spiro atoms. The van der Waals surface area contributed by atoms with Crippen LogP contribution in [0.5, 0.6) is 0 Å². The van der Waals surface area contributed by atoms with E-state index in [0.717, 1.165) is 44.9 Å². The molecule has 18 nitrogen and oxygen atoms in total. The summed E-state index contributed by atoms with van der Waals surface area (Å²) in [6.07, 6.45) is 14.4. The number of carbonyl (C=O) groups is 7. The standard InChI is InChI=1S/C48H86N4O14/c1-7-9-11-13-15-17-18-20-21-23-25-27-36(65-40(55)28-26-24-22-19-16-14-12-10-8-2)31-41(56)63-32-38-43(57)44(42(48(61)66-38)51-35(5)53)64-34(4)47(60)50-33(3)46(59)52-37(45(49)58)29-30-39(54)62-6/h33-34,36-38,42-44,48,57,61H,7-32H2,1-6H3,(H2,49,58)(H,50,60)(H,51,53)(H,52,59)/t33-,34?,36+,37+,38+,42+,43+,44-,48?/m0/s1. The van der Waals surface area contributed by atoms with Crippen molar-refractivity contribution in [2.45, 2.75) is 250 Å². The van der Waals surface area contributed by atoms with Crippen molar-refractivity contribution in [1.82, 2.24) is 16.0 Å². The van der Waals surface area contributed by atoms with Crippen LogP contribution in [0.3, 0.4) is 0 Å². The minimum absolute atomic E-state index is 0.133. The van der Waals surface area contributed by atoms with Gasteiger partial charge in [-0.15, -0.1) is 0 Å². The van der Waals surface area contributed by atoms with Crippen LogP contribution < -0.4 is 21.7 Å². The Hall–Kier alpha value is -3.87. The normalized spacial score (nSPS) is 20.0. The predicted octanol–water partition coefficient (Wildman–Crippen LogP) is 5.24. The van der Waals surface area contributed by atoms with E-state index in [0.29, 0.717) is 12.8 Å². The van der Waals surface area contributed by atoms with Crippen molar-refractivity contribution in [2.75, 3.05) is 13.7 Å². The van der Waals surface area contributed by atoms with Gasteiger partial charge in [0.05, 0.1) is 13.5 Å². The smallest absolute Gasteiger partial charge is 0.309 e. The first-order valence-corrected chi connectivity index (χ1v) is 24.8. The van der Waals surface area contributed by atoms with Crippen LogP contribution in [0.1, 0.15) is 195 Å². The zero-order valence-corrected chi connectivity index (χ0v) is 41.0. The van der Waals surface area contributed by atoms with Crippen LogP contribution in [-0.2, 0) is 57.2 Å². The number of carbonyl (C=O) groups excluding carboxylic acids is 7. The molecule has 7 N–H and O–H groups in total. The van der Waals surface area contributed by atoms with Crippen LogP contribution in [0, 0.1) is 0 Å². The molecule has 66 heavy (non-hydrogen) atoms. The van der Waals surface area contributed by atoms with Crippen LogP contribution >= 0.6 is 0 Å². The number of rotatable bonds is 38. The minimum Gasteiger partial charge on any atom is -0.469 e. The molecule has 18 heteroatoms. The number of methoxy groups -OCH3 is 1. The number of primary amides is 1. The largest absolute Gasteiger partial charge is 0.469 e. The molecule has 0 aliphatic carbocycles. The summed E-state index contributed by atoms with van der Waals surface area (Å²) in [5.41, 5.74) is 5.37. The first-order chi connectivity index (χ1) is 31.5. The van der Waals surface area contributed by atoms with Gasteiger partial charge in [0, 0.05) is 19.8 Å². The van der Waals surface area contributed by atoms with E-state index in [-0.39, 0.29) is 31.7 Å². The molecule has 0 radical (unpaired) electrons. The zero-order valence-electron chi connectivity index (χ0n) is 41.0. The highest BCUT2D eigenvalue weighted by molar-refractivity contribution is 5.92. The number of ether oxygens (including phenoxy) is 5. The number of aliphatic hydroxyl groups is 2. The van der Waals surface area contributed by atoms with Gasteiger partial charge in [0.15, 0.2) is 6.29 Å².